The molecule has 1 aromatic carbocycles. The first-order valence-electron chi connectivity index (χ1n) is 8.16. The van der Waals surface area contributed by atoms with Crippen molar-refractivity contribution in [3.8, 4) is 0 Å². The molecular weight excluding hydrogens is 343 g/mol. The minimum atomic E-state index is -0.436. The molecule has 0 saturated carbocycles. The second-order valence-corrected chi connectivity index (χ2v) is 7.26. The minimum absolute atomic E-state index is 0.0794. The lowest BCUT2D eigenvalue weighted by atomic mass is 10.1. The van der Waals surface area contributed by atoms with Crippen LogP contribution in [-0.4, -0.2) is 33.5 Å². The molecule has 0 aliphatic carbocycles. The summed E-state index contributed by atoms with van der Waals surface area (Å²) in [6.07, 6.45) is 1.73. The Balaban J connectivity index is 1.73. The highest BCUT2D eigenvalue weighted by Gasteiger charge is 2.33. The predicted molar refractivity (Wildman–Crippen MR) is 92.8 cm³/mol. The number of nitrogens with one attached hydrogen (secondary N) is 1. The first-order chi connectivity index (χ1) is 12.0. The van der Waals surface area contributed by atoms with Gasteiger partial charge in [-0.05, 0) is 31.0 Å². The summed E-state index contributed by atoms with van der Waals surface area (Å²) in [4.78, 5) is 26.4. The van der Waals surface area contributed by atoms with Crippen molar-refractivity contribution in [1.82, 2.24) is 15.1 Å². The molecule has 2 aromatic rings. The number of carbonyl (C=O) groups is 2. The van der Waals surface area contributed by atoms with E-state index in [-0.39, 0.29) is 22.9 Å². The second-order valence-electron chi connectivity index (χ2n) is 6.25. The lowest BCUT2D eigenvalue weighted by Crippen LogP contribution is -2.33. The molecule has 0 spiro atoms. The first kappa shape index (κ1) is 17.5. The fourth-order valence-corrected chi connectivity index (χ4v) is 3.72. The van der Waals surface area contributed by atoms with Crippen molar-refractivity contribution in [1.29, 1.82) is 0 Å². The van der Waals surface area contributed by atoms with Crippen LogP contribution in [0.4, 0.5) is 10.1 Å². The smallest absolute Gasteiger partial charge is 0.286 e. The van der Waals surface area contributed by atoms with Crippen molar-refractivity contribution in [3.05, 3.63) is 40.1 Å². The summed E-state index contributed by atoms with van der Waals surface area (Å²) in [6.45, 7) is 4.44. The molecule has 132 valence electrons. The van der Waals surface area contributed by atoms with Crippen LogP contribution in [0, 0.1) is 11.7 Å². The van der Waals surface area contributed by atoms with Crippen molar-refractivity contribution in [2.75, 3.05) is 11.9 Å². The van der Waals surface area contributed by atoms with E-state index in [2.05, 4.69) is 15.5 Å². The fourth-order valence-electron chi connectivity index (χ4n) is 2.83. The summed E-state index contributed by atoms with van der Waals surface area (Å²) in [6, 6.07) is 5.54. The molecule has 1 unspecified atom stereocenters. The molecule has 1 N–H and O–H groups in total. The van der Waals surface area contributed by atoms with E-state index >= 15 is 0 Å². The van der Waals surface area contributed by atoms with E-state index in [0.717, 1.165) is 12.8 Å². The quantitative estimate of drug-likeness (QED) is 0.906. The van der Waals surface area contributed by atoms with Gasteiger partial charge in [0.05, 0.1) is 6.04 Å². The molecule has 8 heteroatoms. The number of halogens is 1. The average molecular weight is 362 g/mol. The summed E-state index contributed by atoms with van der Waals surface area (Å²) < 4.78 is 13.2. The molecule has 2 amide bonds. The van der Waals surface area contributed by atoms with Gasteiger partial charge in [-0.15, -0.1) is 10.2 Å². The van der Waals surface area contributed by atoms with Crippen LogP contribution in [0.25, 0.3) is 0 Å². The molecule has 1 atom stereocenters. The highest BCUT2D eigenvalue weighted by molar-refractivity contribution is 7.13. The molecule has 1 aromatic heterocycles. The standard InChI is InChI=1S/C17H19FN4O2S/c1-10(2)17(24)22-8-4-7-13(22)15-20-21-16(25-15)14(23)19-12-6-3-5-11(18)9-12/h3,5-6,9-10,13H,4,7-8H2,1-2H3,(H,19,23). The summed E-state index contributed by atoms with van der Waals surface area (Å²) in [5, 5.41) is 11.5. The van der Waals surface area contributed by atoms with Crippen molar-refractivity contribution in [2.45, 2.75) is 32.7 Å². The van der Waals surface area contributed by atoms with Crippen LogP contribution < -0.4 is 5.32 Å². The van der Waals surface area contributed by atoms with Gasteiger partial charge in [-0.2, -0.15) is 0 Å². The van der Waals surface area contributed by atoms with E-state index in [1.165, 1.54) is 29.5 Å². The van der Waals surface area contributed by atoms with Gasteiger partial charge in [-0.25, -0.2) is 4.39 Å². The highest BCUT2D eigenvalue weighted by Crippen LogP contribution is 2.34. The number of anilines is 1. The van der Waals surface area contributed by atoms with Crippen LogP contribution in [0.15, 0.2) is 24.3 Å². The SMILES string of the molecule is CC(C)C(=O)N1CCCC1c1nnc(C(=O)Nc2cccc(F)c2)s1. The predicted octanol–water partition coefficient (Wildman–Crippen LogP) is 3.25. The van der Waals surface area contributed by atoms with Gasteiger partial charge >= 0.3 is 0 Å². The number of aromatic nitrogens is 2. The average Bonchev–Trinajstić information content (AvgIpc) is 3.23. The van der Waals surface area contributed by atoms with Crippen LogP contribution in [0.1, 0.15) is 47.5 Å². The Labute approximate surface area is 149 Å². The number of hydrogen-bond donors (Lipinski definition) is 1. The Morgan fingerprint density at radius 2 is 2.16 bits per heavy atom. The summed E-state index contributed by atoms with van der Waals surface area (Å²) in [7, 11) is 0. The molecule has 1 fully saturated rings. The van der Waals surface area contributed by atoms with Gasteiger partial charge in [0.25, 0.3) is 5.91 Å². The number of nitrogens with zero attached hydrogens (tertiary/aromatic N) is 3. The topological polar surface area (TPSA) is 75.2 Å². The van der Waals surface area contributed by atoms with Gasteiger partial charge in [0.15, 0.2) is 0 Å². The minimum Gasteiger partial charge on any atom is -0.333 e. The van der Waals surface area contributed by atoms with Gasteiger partial charge in [0.1, 0.15) is 10.8 Å². The number of carbonyl (C=O) groups excluding carboxylic acids is 2. The first-order valence-corrected chi connectivity index (χ1v) is 8.98. The zero-order valence-corrected chi connectivity index (χ0v) is 14.8. The Kier molecular flexibility index (Phi) is 5.08. The Morgan fingerprint density at radius 1 is 1.36 bits per heavy atom. The third-order valence-corrected chi connectivity index (χ3v) is 5.06. The Hall–Kier alpha value is -2.35. The van der Waals surface area contributed by atoms with E-state index in [9.17, 15) is 14.0 Å². The molecule has 0 radical (unpaired) electrons. The number of hydrogen-bond acceptors (Lipinski definition) is 5. The molecular formula is C17H19FN4O2S. The van der Waals surface area contributed by atoms with Gasteiger partial charge in [0, 0.05) is 18.2 Å². The van der Waals surface area contributed by atoms with Gasteiger partial charge < -0.3 is 10.2 Å². The lowest BCUT2D eigenvalue weighted by molar-refractivity contribution is -0.135. The monoisotopic (exact) mass is 362 g/mol. The van der Waals surface area contributed by atoms with Crippen LogP contribution in [-0.2, 0) is 4.79 Å². The van der Waals surface area contributed by atoms with Crippen LogP contribution in [0.2, 0.25) is 0 Å². The number of amides is 2. The van der Waals surface area contributed by atoms with Crippen molar-refractivity contribution >= 4 is 28.8 Å². The molecule has 1 aliphatic rings. The third kappa shape index (κ3) is 3.84. The maximum Gasteiger partial charge on any atom is 0.286 e. The zero-order chi connectivity index (χ0) is 18.0. The summed E-state index contributed by atoms with van der Waals surface area (Å²) in [5.41, 5.74) is 0.360. The highest BCUT2D eigenvalue weighted by atomic mass is 32.1. The normalized spacial score (nSPS) is 17.1. The van der Waals surface area contributed by atoms with Crippen LogP contribution in [0.3, 0.4) is 0 Å². The number of rotatable bonds is 4. The Morgan fingerprint density at radius 3 is 2.88 bits per heavy atom. The summed E-state index contributed by atoms with van der Waals surface area (Å²) >= 11 is 1.17. The number of likely N-dealkylation sites (tertiary alicyclic amines) is 1. The molecule has 0 bridgehead atoms. The second kappa shape index (κ2) is 7.26. The maximum atomic E-state index is 13.2. The lowest BCUT2D eigenvalue weighted by Gasteiger charge is -2.24. The number of benzene rings is 1. The van der Waals surface area contributed by atoms with E-state index in [4.69, 9.17) is 0 Å². The van der Waals surface area contributed by atoms with Gasteiger partial charge in [0.2, 0.25) is 10.9 Å². The van der Waals surface area contributed by atoms with E-state index in [1.54, 1.807) is 6.07 Å². The molecule has 3 rings (SSSR count). The summed E-state index contributed by atoms with van der Waals surface area (Å²) in [5.74, 6) is -0.855. The molecule has 25 heavy (non-hydrogen) atoms. The van der Waals surface area contributed by atoms with E-state index < -0.39 is 11.7 Å². The van der Waals surface area contributed by atoms with Gasteiger partial charge in [-0.1, -0.05) is 31.3 Å². The van der Waals surface area contributed by atoms with Gasteiger partial charge in [-0.3, -0.25) is 9.59 Å². The van der Waals surface area contributed by atoms with E-state index in [0.29, 0.717) is 17.2 Å². The maximum absolute atomic E-state index is 13.2. The molecule has 1 aliphatic heterocycles. The van der Waals surface area contributed by atoms with E-state index in [1.807, 2.05) is 18.7 Å². The van der Waals surface area contributed by atoms with Crippen molar-refractivity contribution in [2.24, 2.45) is 5.92 Å². The molecule has 6 nitrogen and oxygen atoms in total. The van der Waals surface area contributed by atoms with Crippen molar-refractivity contribution < 1.29 is 14.0 Å². The van der Waals surface area contributed by atoms with Crippen LogP contribution in [0.5, 0.6) is 0 Å². The van der Waals surface area contributed by atoms with Crippen LogP contribution >= 0.6 is 11.3 Å². The van der Waals surface area contributed by atoms with Crippen molar-refractivity contribution in [3.63, 3.8) is 0 Å². The fraction of sp³-hybridized carbons (Fsp3) is 0.412. The Bertz CT molecular complexity index is 792. The zero-order valence-electron chi connectivity index (χ0n) is 14.0. The largest absolute Gasteiger partial charge is 0.333 e. The molecule has 1 saturated heterocycles. The molecule has 2 heterocycles. The third-order valence-electron chi connectivity index (χ3n) is 4.03.